The molecule has 1 saturated carbocycles. The van der Waals surface area contributed by atoms with Crippen molar-refractivity contribution in [3.8, 4) is 0 Å². The third kappa shape index (κ3) is 1.67. The molecule has 0 aromatic carbocycles. The van der Waals surface area contributed by atoms with E-state index in [9.17, 15) is 4.39 Å². The van der Waals surface area contributed by atoms with Crippen molar-refractivity contribution in [2.45, 2.75) is 18.9 Å². The lowest BCUT2D eigenvalue weighted by molar-refractivity contribution is 0.626. The van der Waals surface area contributed by atoms with E-state index in [1.54, 1.807) is 0 Å². The molecule has 0 bridgehead atoms. The first-order chi connectivity index (χ1) is 5.34. The number of hydrogen-bond donors (Lipinski definition) is 1. The van der Waals surface area contributed by atoms with Crippen molar-refractivity contribution >= 4 is 5.82 Å². The van der Waals surface area contributed by atoms with E-state index in [1.165, 1.54) is 31.2 Å². The molecule has 11 heavy (non-hydrogen) atoms. The summed E-state index contributed by atoms with van der Waals surface area (Å²) >= 11 is 0. The van der Waals surface area contributed by atoms with Gasteiger partial charge >= 0.3 is 0 Å². The SMILES string of the molecule is Fc1ccnc(NC2CC2)c1. The molecule has 2 rings (SSSR count). The van der Waals surface area contributed by atoms with Gasteiger partial charge in [-0.1, -0.05) is 0 Å². The van der Waals surface area contributed by atoms with Crippen LogP contribution in [0, 0.1) is 5.82 Å². The summed E-state index contributed by atoms with van der Waals surface area (Å²) in [6.07, 6.45) is 3.83. The molecule has 1 aliphatic carbocycles. The predicted molar refractivity (Wildman–Crippen MR) is 40.8 cm³/mol. The van der Waals surface area contributed by atoms with E-state index < -0.39 is 0 Å². The number of rotatable bonds is 2. The van der Waals surface area contributed by atoms with Gasteiger partial charge in [-0.25, -0.2) is 9.37 Å². The second kappa shape index (κ2) is 2.49. The number of nitrogens with zero attached hydrogens (tertiary/aromatic N) is 1. The molecule has 58 valence electrons. The number of anilines is 1. The first-order valence-corrected chi connectivity index (χ1v) is 3.73. The Morgan fingerprint density at radius 3 is 3.00 bits per heavy atom. The Labute approximate surface area is 64.5 Å². The first-order valence-electron chi connectivity index (χ1n) is 3.73. The van der Waals surface area contributed by atoms with Gasteiger partial charge in [0.05, 0.1) is 0 Å². The fourth-order valence-electron chi connectivity index (χ4n) is 0.921. The maximum absolute atomic E-state index is 12.6. The van der Waals surface area contributed by atoms with E-state index in [0.717, 1.165) is 0 Å². The molecule has 0 aliphatic heterocycles. The standard InChI is InChI=1S/C8H9FN2/c9-6-3-4-10-8(5-6)11-7-1-2-7/h3-5,7H,1-2H2,(H,10,11). The van der Waals surface area contributed by atoms with Crippen LogP contribution in [0.2, 0.25) is 0 Å². The number of hydrogen-bond acceptors (Lipinski definition) is 2. The zero-order chi connectivity index (χ0) is 7.68. The van der Waals surface area contributed by atoms with Crippen molar-refractivity contribution < 1.29 is 4.39 Å². The highest BCUT2D eigenvalue weighted by atomic mass is 19.1. The van der Waals surface area contributed by atoms with Crippen LogP contribution in [0.15, 0.2) is 18.3 Å². The lowest BCUT2D eigenvalue weighted by Crippen LogP contribution is -2.02. The second-order valence-electron chi connectivity index (χ2n) is 2.78. The highest BCUT2D eigenvalue weighted by Crippen LogP contribution is 2.23. The Bertz CT molecular complexity index is 258. The molecule has 0 unspecified atom stereocenters. The van der Waals surface area contributed by atoms with Gasteiger partial charge in [0.25, 0.3) is 0 Å². The Morgan fingerprint density at radius 1 is 1.55 bits per heavy atom. The van der Waals surface area contributed by atoms with Crippen LogP contribution in [0.25, 0.3) is 0 Å². The minimum atomic E-state index is -0.233. The molecule has 1 fully saturated rings. The summed E-state index contributed by atoms with van der Waals surface area (Å²) in [7, 11) is 0. The summed E-state index contributed by atoms with van der Waals surface area (Å²) in [6.45, 7) is 0. The highest BCUT2D eigenvalue weighted by Gasteiger charge is 2.21. The third-order valence-corrected chi connectivity index (χ3v) is 1.65. The molecule has 1 N–H and O–H groups in total. The minimum absolute atomic E-state index is 0.233. The second-order valence-corrected chi connectivity index (χ2v) is 2.78. The van der Waals surface area contributed by atoms with Gasteiger partial charge in [-0.3, -0.25) is 0 Å². The Morgan fingerprint density at radius 2 is 2.36 bits per heavy atom. The van der Waals surface area contributed by atoms with E-state index >= 15 is 0 Å². The average molecular weight is 152 g/mol. The fraction of sp³-hybridized carbons (Fsp3) is 0.375. The summed E-state index contributed by atoms with van der Waals surface area (Å²) in [5.74, 6) is 0.413. The summed E-state index contributed by atoms with van der Waals surface area (Å²) in [6, 6.07) is 3.29. The normalized spacial score (nSPS) is 16.5. The first kappa shape index (κ1) is 6.58. The smallest absolute Gasteiger partial charge is 0.129 e. The van der Waals surface area contributed by atoms with Gasteiger partial charge < -0.3 is 5.32 Å². The van der Waals surface area contributed by atoms with Crippen LogP contribution in [0.1, 0.15) is 12.8 Å². The van der Waals surface area contributed by atoms with Crippen LogP contribution in [0.4, 0.5) is 10.2 Å². The number of pyridine rings is 1. The van der Waals surface area contributed by atoms with Crippen molar-refractivity contribution in [2.24, 2.45) is 0 Å². The Kier molecular flexibility index (Phi) is 1.49. The van der Waals surface area contributed by atoms with Crippen LogP contribution in [-0.2, 0) is 0 Å². The third-order valence-electron chi connectivity index (χ3n) is 1.65. The zero-order valence-electron chi connectivity index (χ0n) is 6.05. The van der Waals surface area contributed by atoms with Gasteiger partial charge in [0.1, 0.15) is 11.6 Å². The van der Waals surface area contributed by atoms with Gasteiger partial charge in [0.2, 0.25) is 0 Å². The topological polar surface area (TPSA) is 24.9 Å². The van der Waals surface area contributed by atoms with Crippen molar-refractivity contribution in [2.75, 3.05) is 5.32 Å². The summed E-state index contributed by atoms with van der Waals surface area (Å²) in [5.41, 5.74) is 0. The number of aromatic nitrogens is 1. The molecule has 2 nitrogen and oxygen atoms in total. The zero-order valence-corrected chi connectivity index (χ0v) is 6.05. The predicted octanol–water partition coefficient (Wildman–Crippen LogP) is 1.79. The van der Waals surface area contributed by atoms with Crippen molar-refractivity contribution in [1.82, 2.24) is 4.98 Å². The van der Waals surface area contributed by atoms with Gasteiger partial charge in [-0.15, -0.1) is 0 Å². The van der Waals surface area contributed by atoms with Crippen molar-refractivity contribution in [3.05, 3.63) is 24.1 Å². The monoisotopic (exact) mass is 152 g/mol. The highest BCUT2D eigenvalue weighted by molar-refractivity contribution is 5.36. The number of halogens is 1. The van der Waals surface area contributed by atoms with Crippen LogP contribution in [-0.4, -0.2) is 11.0 Å². The molecule has 1 aromatic heterocycles. The lowest BCUT2D eigenvalue weighted by Gasteiger charge is -2.01. The molecule has 0 radical (unpaired) electrons. The molecule has 3 heteroatoms. The van der Waals surface area contributed by atoms with Gasteiger partial charge in [0, 0.05) is 18.3 Å². The molecular formula is C8H9FN2. The van der Waals surface area contributed by atoms with Crippen LogP contribution >= 0.6 is 0 Å². The van der Waals surface area contributed by atoms with Gasteiger partial charge in [-0.05, 0) is 18.9 Å². The average Bonchev–Trinajstić information content (AvgIpc) is 2.71. The van der Waals surface area contributed by atoms with E-state index in [2.05, 4.69) is 10.3 Å². The maximum atomic E-state index is 12.6. The van der Waals surface area contributed by atoms with Crippen LogP contribution < -0.4 is 5.32 Å². The molecule has 0 amide bonds. The maximum Gasteiger partial charge on any atom is 0.129 e. The molecular weight excluding hydrogens is 143 g/mol. The molecule has 0 spiro atoms. The van der Waals surface area contributed by atoms with Crippen molar-refractivity contribution in [3.63, 3.8) is 0 Å². The van der Waals surface area contributed by atoms with E-state index in [4.69, 9.17) is 0 Å². The van der Waals surface area contributed by atoms with Crippen LogP contribution in [0.3, 0.4) is 0 Å². The summed E-state index contributed by atoms with van der Waals surface area (Å²) < 4.78 is 12.6. The van der Waals surface area contributed by atoms with Gasteiger partial charge in [-0.2, -0.15) is 0 Å². The van der Waals surface area contributed by atoms with E-state index in [1.807, 2.05) is 0 Å². The molecule has 1 aliphatic rings. The lowest BCUT2D eigenvalue weighted by atomic mass is 10.4. The summed E-state index contributed by atoms with van der Waals surface area (Å²) in [5, 5.41) is 3.11. The summed E-state index contributed by atoms with van der Waals surface area (Å²) in [4.78, 5) is 3.97. The Hall–Kier alpha value is -1.12. The quantitative estimate of drug-likeness (QED) is 0.698. The fourth-order valence-corrected chi connectivity index (χ4v) is 0.921. The van der Waals surface area contributed by atoms with Gasteiger partial charge in [0.15, 0.2) is 0 Å². The minimum Gasteiger partial charge on any atom is -0.367 e. The molecule has 1 heterocycles. The molecule has 0 saturated heterocycles. The molecule has 1 aromatic rings. The van der Waals surface area contributed by atoms with Crippen LogP contribution in [0.5, 0.6) is 0 Å². The van der Waals surface area contributed by atoms with E-state index in [-0.39, 0.29) is 5.82 Å². The number of nitrogens with one attached hydrogen (secondary N) is 1. The van der Waals surface area contributed by atoms with E-state index in [0.29, 0.717) is 11.9 Å². The Balaban J connectivity index is 2.10. The largest absolute Gasteiger partial charge is 0.367 e. The van der Waals surface area contributed by atoms with Crippen molar-refractivity contribution in [1.29, 1.82) is 0 Å². The molecule has 0 atom stereocenters.